The number of benzene rings is 2. The Morgan fingerprint density at radius 2 is 1.26 bits per heavy atom. The molecule has 2 aromatic carbocycles. The molecule has 3 unspecified atom stereocenters. The van der Waals surface area contributed by atoms with E-state index in [0.717, 1.165) is 5.56 Å². The third kappa shape index (κ3) is 10.1. The van der Waals surface area contributed by atoms with E-state index in [4.69, 9.17) is 18.9 Å². The van der Waals surface area contributed by atoms with Gasteiger partial charge in [-0.1, -0.05) is 83.1 Å². The lowest BCUT2D eigenvalue weighted by Gasteiger charge is -2.44. The number of ether oxygens (including phenoxy) is 4. The average molecular weight is 583 g/mol. The number of ketones is 2. The van der Waals surface area contributed by atoms with Crippen LogP contribution in [0.4, 0.5) is 0 Å². The molecule has 3 atom stereocenters. The molecule has 0 aromatic heterocycles. The highest BCUT2D eigenvalue weighted by Gasteiger charge is 2.51. The molecule has 0 heterocycles. The zero-order valence-corrected chi connectivity index (χ0v) is 27.3. The Kier molecular flexibility index (Phi) is 11.7. The van der Waals surface area contributed by atoms with Gasteiger partial charge >= 0.3 is 5.97 Å². The highest BCUT2D eigenvalue weighted by atomic mass is 16.7. The van der Waals surface area contributed by atoms with Crippen molar-refractivity contribution in [1.29, 1.82) is 0 Å². The van der Waals surface area contributed by atoms with E-state index in [1.54, 1.807) is 72.7 Å². The largest absolute Gasteiger partial charge is 0.463 e. The van der Waals surface area contributed by atoms with E-state index in [1.807, 2.05) is 64.1 Å². The van der Waals surface area contributed by atoms with Crippen molar-refractivity contribution in [2.75, 3.05) is 0 Å². The molecule has 7 nitrogen and oxygen atoms in total. The minimum absolute atomic E-state index is 0.00924. The van der Waals surface area contributed by atoms with Crippen molar-refractivity contribution in [2.45, 2.75) is 113 Å². The molecule has 0 amide bonds. The SMILES string of the molecule is CC(CC(=O)C(C)(C)C(C)(C)OC(Oc1ccccc1)C(C(=O)OCc1ccccc1)C(=O)C(C)(C)C)OC(C)(C)C. The van der Waals surface area contributed by atoms with E-state index in [1.165, 1.54) is 0 Å². The normalized spacial score (nSPS) is 14.9. The quantitative estimate of drug-likeness (QED) is 0.131. The summed E-state index contributed by atoms with van der Waals surface area (Å²) in [6, 6.07) is 18.1. The number of carbonyl (C=O) groups is 3. The van der Waals surface area contributed by atoms with Gasteiger partial charge < -0.3 is 18.9 Å². The first-order valence-corrected chi connectivity index (χ1v) is 14.6. The minimum atomic E-state index is -1.41. The first-order chi connectivity index (χ1) is 19.2. The summed E-state index contributed by atoms with van der Waals surface area (Å²) >= 11 is 0. The zero-order valence-electron chi connectivity index (χ0n) is 27.3. The Labute approximate surface area is 252 Å². The molecule has 0 bridgehead atoms. The fraction of sp³-hybridized carbons (Fsp3) is 0.571. The molecule has 232 valence electrons. The Morgan fingerprint density at radius 3 is 1.76 bits per heavy atom. The van der Waals surface area contributed by atoms with Crippen molar-refractivity contribution < 1.29 is 33.3 Å². The molecule has 0 saturated carbocycles. The van der Waals surface area contributed by atoms with Crippen LogP contribution in [0.5, 0.6) is 5.75 Å². The molecule has 0 fully saturated rings. The number of esters is 1. The van der Waals surface area contributed by atoms with Crippen molar-refractivity contribution in [3.8, 4) is 5.75 Å². The molecular weight excluding hydrogens is 532 g/mol. The topological polar surface area (TPSA) is 88.1 Å². The monoisotopic (exact) mass is 582 g/mol. The Balaban J connectivity index is 2.46. The van der Waals surface area contributed by atoms with E-state index in [2.05, 4.69) is 0 Å². The van der Waals surface area contributed by atoms with Gasteiger partial charge in [-0.3, -0.25) is 14.4 Å². The Bertz CT molecular complexity index is 1170. The molecule has 0 saturated heterocycles. The maximum atomic E-state index is 13.9. The second-order valence-corrected chi connectivity index (χ2v) is 13.9. The van der Waals surface area contributed by atoms with Crippen molar-refractivity contribution in [3.63, 3.8) is 0 Å². The summed E-state index contributed by atoms with van der Waals surface area (Å²) in [5.41, 5.74) is -2.73. The van der Waals surface area contributed by atoms with Crippen LogP contribution in [0.1, 0.15) is 88.1 Å². The molecule has 42 heavy (non-hydrogen) atoms. The zero-order chi connectivity index (χ0) is 31.9. The van der Waals surface area contributed by atoms with E-state index in [9.17, 15) is 14.4 Å². The molecule has 0 spiro atoms. The molecule has 0 aliphatic heterocycles. The Morgan fingerprint density at radius 1 is 0.738 bits per heavy atom. The van der Waals surface area contributed by atoms with Crippen LogP contribution < -0.4 is 4.74 Å². The smallest absolute Gasteiger partial charge is 0.323 e. The third-order valence-electron chi connectivity index (χ3n) is 7.41. The lowest BCUT2D eigenvalue weighted by atomic mass is 9.72. The molecular formula is C35H50O7. The van der Waals surface area contributed by atoms with Gasteiger partial charge in [-0.05, 0) is 59.2 Å². The van der Waals surface area contributed by atoms with Crippen molar-refractivity contribution in [2.24, 2.45) is 16.7 Å². The fourth-order valence-corrected chi connectivity index (χ4v) is 4.35. The summed E-state index contributed by atoms with van der Waals surface area (Å²) < 4.78 is 24.5. The van der Waals surface area contributed by atoms with Crippen LogP contribution in [-0.2, 0) is 35.2 Å². The van der Waals surface area contributed by atoms with Crippen LogP contribution in [0, 0.1) is 16.7 Å². The number of hydrogen-bond acceptors (Lipinski definition) is 7. The number of para-hydroxylation sites is 1. The molecule has 2 rings (SSSR count). The summed E-state index contributed by atoms with van der Waals surface area (Å²) in [4.78, 5) is 41.2. The van der Waals surface area contributed by atoms with Crippen LogP contribution in [0.25, 0.3) is 0 Å². The highest BCUT2D eigenvalue weighted by Crippen LogP contribution is 2.40. The standard InChI is InChI=1S/C35H50O7/c1-24(41-33(5,6)7)22-27(36)34(8,9)35(10,11)42-31(40-26-20-16-13-17-21-26)28(29(37)32(2,3)4)30(38)39-23-25-18-14-12-15-19-25/h12-21,24,28,31H,22-23H2,1-11H3. The van der Waals surface area contributed by atoms with Gasteiger partial charge in [0.1, 0.15) is 18.1 Å². The highest BCUT2D eigenvalue weighted by molar-refractivity contribution is 6.02. The number of carbonyl (C=O) groups excluding carboxylic acids is 3. The van der Waals surface area contributed by atoms with Crippen LogP contribution in [0.3, 0.4) is 0 Å². The van der Waals surface area contributed by atoms with Gasteiger partial charge in [0.2, 0.25) is 6.29 Å². The van der Waals surface area contributed by atoms with Gasteiger partial charge in [0.25, 0.3) is 0 Å². The molecule has 0 N–H and O–H groups in total. The lowest BCUT2D eigenvalue weighted by molar-refractivity contribution is -0.222. The minimum Gasteiger partial charge on any atom is -0.463 e. The second kappa shape index (κ2) is 14.0. The van der Waals surface area contributed by atoms with Crippen molar-refractivity contribution in [3.05, 3.63) is 66.2 Å². The number of Topliss-reactive ketones (excluding diaryl/α,β-unsaturated/α-hetero) is 2. The predicted molar refractivity (Wildman–Crippen MR) is 164 cm³/mol. The number of hydrogen-bond donors (Lipinski definition) is 0. The van der Waals surface area contributed by atoms with Crippen LogP contribution in [0.2, 0.25) is 0 Å². The third-order valence-corrected chi connectivity index (χ3v) is 7.41. The van der Waals surface area contributed by atoms with E-state index >= 15 is 0 Å². The van der Waals surface area contributed by atoms with Gasteiger partial charge in [-0.15, -0.1) is 0 Å². The summed E-state index contributed by atoms with van der Waals surface area (Å²) in [5, 5.41) is 0. The van der Waals surface area contributed by atoms with Gasteiger partial charge in [-0.2, -0.15) is 0 Å². The van der Waals surface area contributed by atoms with Crippen molar-refractivity contribution >= 4 is 17.5 Å². The Hall–Kier alpha value is -3.03. The van der Waals surface area contributed by atoms with Gasteiger partial charge in [0.15, 0.2) is 11.7 Å². The molecule has 0 aliphatic rings. The summed E-state index contributed by atoms with van der Waals surface area (Å²) in [6.45, 7) is 20.1. The van der Waals surface area contributed by atoms with Gasteiger partial charge in [-0.25, -0.2) is 0 Å². The summed E-state index contributed by atoms with van der Waals surface area (Å²) in [7, 11) is 0. The number of rotatable bonds is 14. The first kappa shape index (κ1) is 35.2. The summed E-state index contributed by atoms with van der Waals surface area (Å²) in [6.07, 6.45) is -1.51. The predicted octanol–water partition coefficient (Wildman–Crippen LogP) is 7.35. The molecule has 7 heteroatoms. The van der Waals surface area contributed by atoms with Crippen LogP contribution in [0.15, 0.2) is 60.7 Å². The fourth-order valence-electron chi connectivity index (χ4n) is 4.35. The van der Waals surface area contributed by atoms with Gasteiger partial charge in [0.05, 0.1) is 22.7 Å². The maximum absolute atomic E-state index is 13.9. The van der Waals surface area contributed by atoms with Crippen molar-refractivity contribution in [1.82, 2.24) is 0 Å². The summed E-state index contributed by atoms with van der Waals surface area (Å²) in [5.74, 6) is -2.23. The van der Waals surface area contributed by atoms with E-state index in [0.29, 0.717) is 5.75 Å². The van der Waals surface area contributed by atoms with E-state index in [-0.39, 0.29) is 24.9 Å². The van der Waals surface area contributed by atoms with Crippen LogP contribution >= 0.6 is 0 Å². The second-order valence-electron chi connectivity index (χ2n) is 13.9. The van der Waals surface area contributed by atoms with Gasteiger partial charge in [0, 0.05) is 11.8 Å². The lowest BCUT2D eigenvalue weighted by Crippen LogP contribution is -2.54. The van der Waals surface area contributed by atoms with Crippen LogP contribution in [-0.4, -0.2) is 41.1 Å². The van der Waals surface area contributed by atoms with E-state index < -0.39 is 46.0 Å². The molecule has 0 aliphatic carbocycles. The molecule has 2 aromatic rings. The average Bonchev–Trinajstić information content (AvgIpc) is 2.86. The maximum Gasteiger partial charge on any atom is 0.323 e. The molecule has 0 radical (unpaired) electrons. The first-order valence-electron chi connectivity index (χ1n) is 14.6.